The molecule has 5 nitrogen and oxygen atoms in total. The van der Waals surface area contributed by atoms with Gasteiger partial charge < -0.3 is 5.32 Å². The van der Waals surface area contributed by atoms with Crippen LogP contribution in [0.1, 0.15) is 43.0 Å². The van der Waals surface area contributed by atoms with Crippen molar-refractivity contribution in [2.75, 3.05) is 6.54 Å². The minimum absolute atomic E-state index is 0.0325. The number of nitrogens with one attached hydrogen (secondary N) is 2. The quantitative estimate of drug-likeness (QED) is 0.808. The van der Waals surface area contributed by atoms with E-state index in [9.17, 15) is 4.79 Å². The number of carbonyl (C=O) groups is 1. The van der Waals surface area contributed by atoms with E-state index in [2.05, 4.69) is 15.7 Å². The maximum atomic E-state index is 11.8. The maximum Gasteiger partial charge on any atom is 0.237 e. The SMILES string of the molecule is Cn1ncc2c1CCCC2NC1CCCNC1=O. The van der Waals surface area contributed by atoms with Crippen LogP contribution in [0.3, 0.4) is 0 Å². The molecule has 0 radical (unpaired) electrons. The molecule has 1 amide bonds. The van der Waals surface area contributed by atoms with Crippen molar-refractivity contribution in [2.24, 2.45) is 7.05 Å². The summed E-state index contributed by atoms with van der Waals surface area (Å²) < 4.78 is 1.96. The Morgan fingerprint density at radius 1 is 1.39 bits per heavy atom. The predicted molar refractivity (Wildman–Crippen MR) is 68.1 cm³/mol. The van der Waals surface area contributed by atoms with Crippen molar-refractivity contribution < 1.29 is 4.79 Å². The molecular formula is C13H20N4O. The molecule has 3 rings (SSSR count). The van der Waals surface area contributed by atoms with Gasteiger partial charge in [0.05, 0.1) is 12.2 Å². The molecule has 2 heterocycles. The van der Waals surface area contributed by atoms with Gasteiger partial charge in [-0.15, -0.1) is 0 Å². The first-order chi connectivity index (χ1) is 8.75. The fourth-order valence-electron chi connectivity index (χ4n) is 3.05. The van der Waals surface area contributed by atoms with Gasteiger partial charge in [0.2, 0.25) is 5.91 Å². The Hall–Kier alpha value is -1.36. The summed E-state index contributed by atoms with van der Waals surface area (Å²) in [5.74, 6) is 0.150. The number of amides is 1. The van der Waals surface area contributed by atoms with E-state index < -0.39 is 0 Å². The smallest absolute Gasteiger partial charge is 0.237 e. The zero-order chi connectivity index (χ0) is 12.5. The molecule has 0 spiro atoms. The van der Waals surface area contributed by atoms with Crippen LogP contribution in [0.5, 0.6) is 0 Å². The number of piperidine rings is 1. The summed E-state index contributed by atoms with van der Waals surface area (Å²) in [5.41, 5.74) is 2.59. The Kier molecular flexibility index (Phi) is 3.07. The van der Waals surface area contributed by atoms with E-state index in [4.69, 9.17) is 0 Å². The van der Waals surface area contributed by atoms with Crippen molar-refractivity contribution in [3.63, 3.8) is 0 Å². The summed E-state index contributed by atoms with van der Waals surface area (Å²) in [7, 11) is 1.99. The summed E-state index contributed by atoms with van der Waals surface area (Å²) in [5, 5.41) is 10.8. The highest BCUT2D eigenvalue weighted by atomic mass is 16.2. The largest absolute Gasteiger partial charge is 0.355 e. The second-order valence-electron chi connectivity index (χ2n) is 5.27. The van der Waals surface area contributed by atoms with E-state index in [1.807, 2.05) is 17.9 Å². The predicted octanol–water partition coefficient (Wildman–Crippen LogP) is 0.666. The lowest BCUT2D eigenvalue weighted by molar-refractivity contribution is -0.124. The van der Waals surface area contributed by atoms with Crippen molar-refractivity contribution in [3.05, 3.63) is 17.5 Å². The molecule has 0 saturated carbocycles. The normalized spacial score (nSPS) is 27.7. The Bertz CT molecular complexity index is 454. The van der Waals surface area contributed by atoms with Gasteiger partial charge in [0.15, 0.2) is 0 Å². The molecule has 1 fully saturated rings. The van der Waals surface area contributed by atoms with Crippen LogP contribution in [0.4, 0.5) is 0 Å². The first kappa shape index (κ1) is 11.7. The average molecular weight is 248 g/mol. The van der Waals surface area contributed by atoms with E-state index in [0.717, 1.165) is 32.2 Å². The molecule has 2 unspecified atom stereocenters. The van der Waals surface area contributed by atoms with Crippen molar-refractivity contribution >= 4 is 5.91 Å². The molecule has 0 aromatic carbocycles. The number of rotatable bonds is 2. The summed E-state index contributed by atoms with van der Waals surface area (Å²) in [6.45, 7) is 0.819. The topological polar surface area (TPSA) is 59.0 Å². The van der Waals surface area contributed by atoms with Crippen LogP contribution < -0.4 is 10.6 Å². The van der Waals surface area contributed by atoms with Gasteiger partial charge in [-0.05, 0) is 32.1 Å². The fourth-order valence-corrected chi connectivity index (χ4v) is 3.05. The number of carbonyl (C=O) groups excluding carboxylic acids is 1. The second kappa shape index (κ2) is 4.72. The molecule has 98 valence electrons. The summed E-state index contributed by atoms with van der Waals surface area (Å²) >= 11 is 0. The molecule has 2 aliphatic rings. The highest BCUT2D eigenvalue weighted by Crippen LogP contribution is 2.30. The van der Waals surface area contributed by atoms with Crippen LogP contribution >= 0.6 is 0 Å². The van der Waals surface area contributed by atoms with Crippen molar-refractivity contribution in [3.8, 4) is 0 Å². The lowest BCUT2D eigenvalue weighted by Crippen LogP contribution is -2.49. The van der Waals surface area contributed by atoms with Crippen molar-refractivity contribution in [2.45, 2.75) is 44.2 Å². The third-order valence-corrected chi connectivity index (χ3v) is 4.06. The zero-order valence-electron chi connectivity index (χ0n) is 10.8. The molecule has 2 atom stereocenters. The minimum Gasteiger partial charge on any atom is -0.355 e. The fraction of sp³-hybridized carbons (Fsp3) is 0.692. The van der Waals surface area contributed by atoms with E-state index >= 15 is 0 Å². The maximum absolute atomic E-state index is 11.8. The van der Waals surface area contributed by atoms with Gasteiger partial charge in [-0.2, -0.15) is 5.10 Å². The van der Waals surface area contributed by atoms with Gasteiger partial charge in [-0.1, -0.05) is 0 Å². The highest BCUT2D eigenvalue weighted by Gasteiger charge is 2.29. The van der Waals surface area contributed by atoms with E-state index in [0.29, 0.717) is 0 Å². The van der Waals surface area contributed by atoms with Gasteiger partial charge in [-0.25, -0.2) is 0 Å². The van der Waals surface area contributed by atoms with Crippen LogP contribution in [-0.2, 0) is 18.3 Å². The molecular weight excluding hydrogens is 228 g/mol. The number of hydrogen-bond acceptors (Lipinski definition) is 3. The van der Waals surface area contributed by atoms with E-state index in [1.165, 1.54) is 17.7 Å². The van der Waals surface area contributed by atoms with Gasteiger partial charge in [0.25, 0.3) is 0 Å². The Morgan fingerprint density at radius 2 is 2.22 bits per heavy atom. The van der Waals surface area contributed by atoms with Crippen molar-refractivity contribution in [1.29, 1.82) is 0 Å². The first-order valence-corrected chi connectivity index (χ1v) is 6.80. The number of aryl methyl sites for hydroxylation is 1. The third kappa shape index (κ3) is 2.03. The van der Waals surface area contributed by atoms with Gasteiger partial charge in [-0.3, -0.25) is 14.8 Å². The third-order valence-electron chi connectivity index (χ3n) is 4.06. The molecule has 0 bridgehead atoms. The van der Waals surface area contributed by atoms with Crippen LogP contribution in [0.15, 0.2) is 6.20 Å². The Balaban J connectivity index is 1.75. The molecule has 1 aromatic rings. The summed E-state index contributed by atoms with van der Waals surface area (Å²) in [6.07, 6.45) is 7.32. The first-order valence-electron chi connectivity index (χ1n) is 6.80. The molecule has 2 N–H and O–H groups in total. The average Bonchev–Trinajstić information content (AvgIpc) is 2.76. The summed E-state index contributed by atoms with van der Waals surface area (Å²) in [4.78, 5) is 11.8. The Morgan fingerprint density at radius 3 is 3.06 bits per heavy atom. The summed E-state index contributed by atoms with van der Waals surface area (Å²) in [6, 6.07) is 0.256. The molecule has 1 saturated heterocycles. The molecule has 18 heavy (non-hydrogen) atoms. The zero-order valence-corrected chi connectivity index (χ0v) is 10.8. The van der Waals surface area contributed by atoms with Crippen molar-refractivity contribution in [1.82, 2.24) is 20.4 Å². The highest BCUT2D eigenvalue weighted by molar-refractivity contribution is 5.82. The number of hydrogen-bond donors (Lipinski definition) is 2. The van der Waals surface area contributed by atoms with Gasteiger partial charge >= 0.3 is 0 Å². The van der Waals surface area contributed by atoms with Crippen LogP contribution in [0.25, 0.3) is 0 Å². The van der Waals surface area contributed by atoms with Crippen LogP contribution in [0, 0.1) is 0 Å². The lowest BCUT2D eigenvalue weighted by Gasteiger charge is -2.30. The standard InChI is InChI=1S/C13H20N4O/c1-17-12-6-2-4-10(9(12)8-15-17)16-11-5-3-7-14-13(11)18/h8,10-11,16H,2-7H2,1H3,(H,14,18). The molecule has 1 aromatic heterocycles. The second-order valence-corrected chi connectivity index (χ2v) is 5.27. The monoisotopic (exact) mass is 248 g/mol. The number of nitrogens with zero attached hydrogens (tertiary/aromatic N) is 2. The van der Waals surface area contributed by atoms with Crippen LogP contribution in [0.2, 0.25) is 0 Å². The number of fused-ring (bicyclic) bond motifs is 1. The van der Waals surface area contributed by atoms with Crippen LogP contribution in [-0.4, -0.2) is 28.3 Å². The molecule has 5 heteroatoms. The van der Waals surface area contributed by atoms with E-state index in [1.54, 1.807) is 0 Å². The van der Waals surface area contributed by atoms with Gasteiger partial charge in [0.1, 0.15) is 0 Å². The lowest BCUT2D eigenvalue weighted by atomic mass is 9.91. The van der Waals surface area contributed by atoms with Gasteiger partial charge in [0, 0.05) is 30.9 Å². The van der Waals surface area contributed by atoms with E-state index in [-0.39, 0.29) is 18.0 Å². The number of aromatic nitrogens is 2. The Labute approximate surface area is 107 Å². The molecule has 1 aliphatic heterocycles. The minimum atomic E-state index is -0.0325. The molecule has 1 aliphatic carbocycles.